The molecule has 7 nitrogen and oxygen atoms in total. The molecular weight excluding hydrogens is 292 g/mol. The number of aromatic nitrogens is 5. The van der Waals surface area contributed by atoms with Crippen molar-refractivity contribution in [3.05, 3.63) is 59.9 Å². The molecule has 0 fully saturated rings. The number of nitrogens with zero attached hydrogens (tertiary/aromatic N) is 4. The maximum absolute atomic E-state index is 12.7. The molecule has 1 atom stereocenters. The van der Waals surface area contributed by atoms with Gasteiger partial charge in [-0.05, 0) is 30.5 Å². The molecule has 116 valence electrons. The first kappa shape index (κ1) is 13.7. The van der Waals surface area contributed by atoms with E-state index in [1.807, 2.05) is 24.4 Å². The Bertz CT molecular complexity index is 823. The van der Waals surface area contributed by atoms with E-state index in [1.165, 1.54) is 11.9 Å². The highest BCUT2D eigenvalue weighted by atomic mass is 16.1. The fourth-order valence-corrected chi connectivity index (χ4v) is 2.99. The summed E-state index contributed by atoms with van der Waals surface area (Å²) in [5.41, 5.74) is 3.68. The summed E-state index contributed by atoms with van der Waals surface area (Å²) in [4.78, 5) is 16.6. The number of fused-ring (bicyclic) bond motifs is 1. The van der Waals surface area contributed by atoms with Gasteiger partial charge >= 0.3 is 0 Å². The molecule has 1 aliphatic rings. The molecular formula is C16H16N6O. The monoisotopic (exact) mass is 308 g/mol. The Balaban J connectivity index is 1.54. The van der Waals surface area contributed by atoms with E-state index in [0.717, 1.165) is 30.6 Å². The van der Waals surface area contributed by atoms with Gasteiger partial charge < -0.3 is 5.32 Å². The number of hydrogen-bond donors (Lipinski definition) is 2. The van der Waals surface area contributed by atoms with Gasteiger partial charge in [-0.25, -0.2) is 9.67 Å². The van der Waals surface area contributed by atoms with Crippen molar-refractivity contribution in [2.45, 2.75) is 25.3 Å². The number of carbonyl (C=O) groups excluding carboxylic acids is 1. The number of carbonyl (C=O) groups is 1. The number of para-hydroxylation sites is 1. The van der Waals surface area contributed by atoms with Crippen molar-refractivity contribution in [1.29, 1.82) is 0 Å². The highest BCUT2D eigenvalue weighted by molar-refractivity contribution is 5.97. The lowest BCUT2D eigenvalue weighted by molar-refractivity contribution is 0.0933. The minimum absolute atomic E-state index is 0.0935. The van der Waals surface area contributed by atoms with Crippen LogP contribution in [0.1, 0.15) is 28.0 Å². The smallest absolute Gasteiger partial charge is 0.253 e. The largest absolute Gasteiger partial charge is 0.349 e. The van der Waals surface area contributed by atoms with Crippen LogP contribution in [-0.4, -0.2) is 36.9 Å². The van der Waals surface area contributed by atoms with E-state index in [-0.39, 0.29) is 11.9 Å². The molecule has 0 spiro atoms. The van der Waals surface area contributed by atoms with Gasteiger partial charge in [0.05, 0.1) is 17.4 Å². The molecule has 1 unspecified atom stereocenters. The predicted octanol–water partition coefficient (Wildman–Crippen LogP) is 1.28. The van der Waals surface area contributed by atoms with Gasteiger partial charge in [0.25, 0.3) is 5.91 Å². The van der Waals surface area contributed by atoms with E-state index < -0.39 is 0 Å². The second kappa shape index (κ2) is 5.68. The maximum atomic E-state index is 12.7. The topological polar surface area (TPSA) is 88.5 Å². The van der Waals surface area contributed by atoms with Crippen LogP contribution in [0.2, 0.25) is 0 Å². The van der Waals surface area contributed by atoms with Crippen LogP contribution >= 0.6 is 0 Å². The minimum atomic E-state index is -0.0935. The van der Waals surface area contributed by atoms with E-state index in [1.54, 1.807) is 17.1 Å². The molecule has 23 heavy (non-hydrogen) atoms. The van der Waals surface area contributed by atoms with Crippen LogP contribution in [0.4, 0.5) is 0 Å². The molecule has 1 amide bonds. The zero-order chi connectivity index (χ0) is 15.6. The van der Waals surface area contributed by atoms with Crippen molar-refractivity contribution in [3.8, 4) is 5.69 Å². The first-order valence-corrected chi connectivity index (χ1v) is 7.57. The van der Waals surface area contributed by atoms with Crippen molar-refractivity contribution in [2.24, 2.45) is 0 Å². The van der Waals surface area contributed by atoms with Gasteiger partial charge in [0, 0.05) is 18.2 Å². The Hall–Kier alpha value is -2.96. The molecule has 0 saturated heterocycles. The number of aryl methyl sites for hydroxylation is 1. The summed E-state index contributed by atoms with van der Waals surface area (Å²) >= 11 is 0. The van der Waals surface area contributed by atoms with Crippen LogP contribution in [0.5, 0.6) is 0 Å². The molecule has 0 aliphatic heterocycles. The Labute approximate surface area is 132 Å². The van der Waals surface area contributed by atoms with Gasteiger partial charge in [0.2, 0.25) is 0 Å². The summed E-state index contributed by atoms with van der Waals surface area (Å²) in [7, 11) is 0. The molecule has 2 aromatic heterocycles. The summed E-state index contributed by atoms with van der Waals surface area (Å²) in [5.74, 6) is -0.0935. The summed E-state index contributed by atoms with van der Waals surface area (Å²) in [6.07, 6.45) is 7.55. The third kappa shape index (κ3) is 2.61. The summed E-state index contributed by atoms with van der Waals surface area (Å²) in [6.45, 7) is 0. The van der Waals surface area contributed by atoms with E-state index in [2.05, 4.69) is 25.6 Å². The van der Waals surface area contributed by atoms with Crippen molar-refractivity contribution < 1.29 is 4.79 Å². The van der Waals surface area contributed by atoms with Crippen molar-refractivity contribution in [3.63, 3.8) is 0 Å². The zero-order valence-electron chi connectivity index (χ0n) is 12.4. The second-order valence-corrected chi connectivity index (χ2v) is 5.64. The molecule has 1 aliphatic carbocycles. The zero-order valence-corrected chi connectivity index (χ0v) is 12.4. The number of amides is 1. The maximum Gasteiger partial charge on any atom is 0.253 e. The van der Waals surface area contributed by atoms with Gasteiger partial charge in [0.1, 0.15) is 12.7 Å². The Morgan fingerprint density at radius 2 is 2.26 bits per heavy atom. The van der Waals surface area contributed by atoms with Gasteiger partial charge in [0.15, 0.2) is 0 Å². The molecule has 3 aromatic rings. The van der Waals surface area contributed by atoms with Crippen LogP contribution in [0.15, 0.2) is 43.1 Å². The first-order chi connectivity index (χ1) is 11.3. The van der Waals surface area contributed by atoms with E-state index in [0.29, 0.717) is 5.56 Å². The number of hydrogen-bond acceptors (Lipinski definition) is 4. The highest BCUT2D eigenvalue weighted by Gasteiger charge is 2.23. The molecule has 2 N–H and O–H groups in total. The SMILES string of the molecule is O=C(NC1CCc2cn[nH]c2C1)c1ccccc1-n1cncn1. The molecule has 4 rings (SSSR count). The lowest BCUT2D eigenvalue weighted by atomic mass is 9.93. The standard InChI is InChI=1S/C16H16N6O/c23-16(20-12-6-5-11-8-18-21-14(11)7-12)13-3-1-2-4-15(13)22-10-17-9-19-22/h1-4,8-10,12H,5-7H2,(H,18,21)(H,20,23). The summed E-state index contributed by atoms with van der Waals surface area (Å²) < 4.78 is 1.60. The van der Waals surface area contributed by atoms with Crippen LogP contribution in [0.3, 0.4) is 0 Å². The summed E-state index contributed by atoms with van der Waals surface area (Å²) in [5, 5.41) is 14.3. The lowest BCUT2D eigenvalue weighted by Crippen LogP contribution is -2.39. The van der Waals surface area contributed by atoms with E-state index >= 15 is 0 Å². The van der Waals surface area contributed by atoms with Crippen molar-refractivity contribution in [2.75, 3.05) is 0 Å². The predicted molar refractivity (Wildman–Crippen MR) is 83.2 cm³/mol. The molecule has 7 heteroatoms. The first-order valence-electron chi connectivity index (χ1n) is 7.57. The van der Waals surface area contributed by atoms with Crippen molar-refractivity contribution >= 4 is 5.91 Å². The number of H-pyrrole nitrogens is 1. The Morgan fingerprint density at radius 1 is 1.35 bits per heavy atom. The Morgan fingerprint density at radius 3 is 3.13 bits per heavy atom. The molecule has 0 saturated carbocycles. The average Bonchev–Trinajstić information content (AvgIpc) is 3.26. The number of nitrogens with one attached hydrogen (secondary N) is 2. The number of rotatable bonds is 3. The fourth-order valence-electron chi connectivity index (χ4n) is 2.99. The summed E-state index contributed by atoms with van der Waals surface area (Å²) in [6, 6.07) is 7.50. The molecule has 2 heterocycles. The average molecular weight is 308 g/mol. The van der Waals surface area contributed by atoms with Crippen LogP contribution in [0.25, 0.3) is 5.69 Å². The van der Waals surface area contributed by atoms with Crippen LogP contribution in [-0.2, 0) is 12.8 Å². The lowest BCUT2D eigenvalue weighted by Gasteiger charge is -2.23. The molecule has 0 bridgehead atoms. The third-order valence-electron chi connectivity index (χ3n) is 4.17. The minimum Gasteiger partial charge on any atom is -0.349 e. The highest BCUT2D eigenvalue weighted by Crippen LogP contribution is 2.20. The van der Waals surface area contributed by atoms with Gasteiger partial charge in [-0.1, -0.05) is 12.1 Å². The number of aromatic amines is 1. The second-order valence-electron chi connectivity index (χ2n) is 5.64. The number of benzene rings is 1. The quantitative estimate of drug-likeness (QED) is 0.763. The van der Waals surface area contributed by atoms with Gasteiger partial charge in [-0.3, -0.25) is 9.89 Å². The van der Waals surface area contributed by atoms with Gasteiger partial charge in [-0.15, -0.1) is 0 Å². The van der Waals surface area contributed by atoms with E-state index in [4.69, 9.17) is 0 Å². The Kier molecular flexibility index (Phi) is 3.38. The van der Waals surface area contributed by atoms with Gasteiger partial charge in [-0.2, -0.15) is 10.2 Å². The third-order valence-corrected chi connectivity index (χ3v) is 4.17. The van der Waals surface area contributed by atoms with Crippen LogP contribution < -0.4 is 5.32 Å². The van der Waals surface area contributed by atoms with Crippen molar-refractivity contribution in [1.82, 2.24) is 30.3 Å². The normalized spacial score (nSPS) is 16.8. The van der Waals surface area contributed by atoms with E-state index in [9.17, 15) is 4.79 Å². The molecule has 0 radical (unpaired) electrons. The fraction of sp³-hybridized carbons (Fsp3) is 0.250. The van der Waals surface area contributed by atoms with Crippen LogP contribution in [0, 0.1) is 0 Å². The molecule has 1 aromatic carbocycles.